The number of amides is 1. The number of carbonyl (C=O) groups is 1. The standard InChI is InChI=1S/C23H24N2O2/c24-16-22(13-6-1-2-7-14-22)15-17-9-8-12-19-20(17)23(27,21(26)25-19)18-10-4-3-5-11-18/h3-5,8-12,27H,1-2,6-7,13-15H2,(H,25,26). The second-order valence-corrected chi connectivity index (χ2v) is 7.85. The average Bonchev–Trinajstić information content (AvgIpc) is 2.85. The van der Waals surface area contributed by atoms with Crippen molar-refractivity contribution in [2.75, 3.05) is 5.32 Å². The van der Waals surface area contributed by atoms with Gasteiger partial charge in [-0.1, -0.05) is 68.1 Å². The lowest BCUT2D eigenvalue weighted by Crippen LogP contribution is -2.36. The van der Waals surface area contributed by atoms with Gasteiger partial charge in [0.15, 0.2) is 5.60 Å². The normalized spacial score (nSPS) is 23.8. The molecule has 0 aromatic heterocycles. The van der Waals surface area contributed by atoms with Crippen LogP contribution in [0.3, 0.4) is 0 Å². The summed E-state index contributed by atoms with van der Waals surface area (Å²) in [5.41, 5.74) is 0.565. The monoisotopic (exact) mass is 360 g/mol. The number of nitrogens with zero attached hydrogens (tertiary/aromatic N) is 1. The van der Waals surface area contributed by atoms with Crippen molar-refractivity contribution in [1.29, 1.82) is 5.26 Å². The molecule has 1 aliphatic heterocycles. The number of benzene rings is 2. The molecule has 1 unspecified atom stereocenters. The zero-order valence-corrected chi connectivity index (χ0v) is 15.4. The third kappa shape index (κ3) is 2.93. The van der Waals surface area contributed by atoms with Gasteiger partial charge in [0.25, 0.3) is 5.91 Å². The summed E-state index contributed by atoms with van der Waals surface area (Å²) in [5, 5.41) is 24.3. The fourth-order valence-electron chi connectivity index (χ4n) is 4.66. The Morgan fingerprint density at radius 2 is 1.70 bits per heavy atom. The number of hydrogen-bond donors (Lipinski definition) is 2. The Hall–Kier alpha value is -2.64. The highest BCUT2D eigenvalue weighted by atomic mass is 16.3. The van der Waals surface area contributed by atoms with E-state index in [1.165, 1.54) is 12.8 Å². The maximum absolute atomic E-state index is 12.8. The highest BCUT2D eigenvalue weighted by molar-refractivity contribution is 6.07. The van der Waals surface area contributed by atoms with Gasteiger partial charge < -0.3 is 10.4 Å². The van der Waals surface area contributed by atoms with E-state index >= 15 is 0 Å². The topological polar surface area (TPSA) is 73.1 Å². The van der Waals surface area contributed by atoms with Crippen LogP contribution in [0.15, 0.2) is 48.5 Å². The van der Waals surface area contributed by atoms with Crippen molar-refractivity contribution in [3.63, 3.8) is 0 Å². The van der Waals surface area contributed by atoms with Crippen molar-refractivity contribution in [3.05, 3.63) is 65.2 Å². The Morgan fingerprint density at radius 1 is 1.00 bits per heavy atom. The number of fused-ring (bicyclic) bond motifs is 1. The molecule has 2 N–H and O–H groups in total. The van der Waals surface area contributed by atoms with Gasteiger partial charge in [-0.15, -0.1) is 0 Å². The van der Waals surface area contributed by atoms with Crippen LogP contribution in [-0.2, 0) is 16.8 Å². The molecule has 27 heavy (non-hydrogen) atoms. The lowest BCUT2D eigenvalue weighted by molar-refractivity contribution is -0.129. The van der Waals surface area contributed by atoms with Gasteiger partial charge in [0, 0.05) is 11.3 Å². The summed E-state index contributed by atoms with van der Waals surface area (Å²) in [4.78, 5) is 12.8. The summed E-state index contributed by atoms with van der Waals surface area (Å²) in [6.07, 6.45) is 6.77. The summed E-state index contributed by atoms with van der Waals surface area (Å²) in [6, 6.07) is 17.3. The first-order chi connectivity index (χ1) is 13.1. The minimum absolute atomic E-state index is 0.422. The molecule has 4 nitrogen and oxygen atoms in total. The lowest BCUT2D eigenvalue weighted by atomic mass is 9.74. The molecule has 4 rings (SSSR count). The molecule has 138 valence electrons. The van der Waals surface area contributed by atoms with Gasteiger partial charge in [0.1, 0.15) is 0 Å². The number of anilines is 1. The molecular weight excluding hydrogens is 336 g/mol. The van der Waals surface area contributed by atoms with E-state index in [0.717, 1.165) is 31.2 Å². The van der Waals surface area contributed by atoms with E-state index in [-0.39, 0.29) is 0 Å². The van der Waals surface area contributed by atoms with Crippen LogP contribution in [0.2, 0.25) is 0 Å². The molecule has 1 aliphatic carbocycles. The largest absolute Gasteiger partial charge is 0.372 e. The van der Waals surface area contributed by atoms with Crippen molar-refractivity contribution >= 4 is 11.6 Å². The number of nitriles is 1. The molecule has 4 heteroatoms. The molecule has 0 spiro atoms. The third-order valence-electron chi connectivity index (χ3n) is 6.11. The van der Waals surface area contributed by atoms with Crippen molar-refractivity contribution in [2.24, 2.45) is 5.41 Å². The van der Waals surface area contributed by atoms with Crippen molar-refractivity contribution < 1.29 is 9.90 Å². The van der Waals surface area contributed by atoms with E-state index in [1.54, 1.807) is 12.1 Å². The zero-order chi connectivity index (χ0) is 18.9. The molecule has 1 saturated carbocycles. The van der Waals surface area contributed by atoms with Gasteiger partial charge in [-0.05, 0) is 36.5 Å². The summed E-state index contributed by atoms with van der Waals surface area (Å²) in [6.45, 7) is 0. The van der Waals surface area contributed by atoms with Gasteiger partial charge in [-0.3, -0.25) is 4.79 Å². The number of aliphatic hydroxyl groups is 1. The Kier molecular flexibility index (Phi) is 4.49. The van der Waals surface area contributed by atoms with E-state index in [0.29, 0.717) is 23.2 Å². The lowest BCUT2D eigenvalue weighted by Gasteiger charge is -2.29. The second-order valence-electron chi connectivity index (χ2n) is 7.85. The number of nitrogens with one attached hydrogen (secondary N) is 1. The van der Waals surface area contributed by atoms with Crippen LogP contribution in [0.5, 0.6) is 0 Å². The fraction of sp³-hybridized carbons (Fsp3) is 0.391. The number of hydrogen-bond acceptors (Lipinski definition) is 3. The Labute approximate surface area is 159 Å². The van der Waals surface area contributed by atoms with Gasteiger partial charge in [0.05, 0.1) is 11.5 Å². The number of carbonyl (C=O) groups excluding carboxylic acids is 1. The van der Waals surface area contributed by atoms with Crippen molar-refractivity contribution in [2.45, 2.75) is 50.5 Å². The first-order valence-corrected chi connectivity index (χ1v) is 9.72. The quantitative estimate of drug-likeness (QED) is 0.802. The van der Waals surface area contributed by atoms with E-state index < -0.39 is 16.9 Å². The zero-order valence-electron chi connectivity index (χ0n) is 15.4. The first-order valence-electron chi connectivity index (χ1n) is 9.72. The van der Waals surface area contributed by atoms with Gasteiger partial charge in [0.2, 0.25) is 0 Å². The molecule has 2 aromatic rings. The van der Waals surface area contributed by atoms with Crippen LogP contribution in [0.4, 0.5) is 5.69 Å². The summed E-state index contributed by atoms with van der Waals surface area (Å²) >= 11 is 0. The molecule has 0 bridgehead atoms. The van der Waals surface area contributed by atoms with Gasteiger partial charge in [-0.25, -0.2) is 0 Å². The smallest absolute Gasteiger partial charge is 0.265 e. The summed E-state index contributed by atoms with van der Waals surface area (Å²) < 4.78 is 0. The SMILES string of the molecule is N#CC1(Cc2cccc3c2C(O)(c2ccccc2)C(=O)N3)CCCCCC1. The third-order valence-corrected chi connectivity index (χ3v) is 6.11. The summed E-state index contributed by atoms with van der Waals surface area (Å²) in [7, 11) is 0. The molecule has 2 aliphatic rings. The van der Waals surface area contributed by atoms with Gasteiger partial charge in [-0.2, -0.15) is 5.26 Å². The number of rotatable bonds is 3. The molecule has 2 aromatic carbocycles. The predicted octanol–water partition coefficient (Wildman–Crippen LogP) is 4.28. The second kappa shape index (κ2) is 6.83. The van der Waals surface area contributed by atoms with Crippen LogP contribution in [0, 0.1) is 16.7 Å². The first kappa shape index (κ1) is 17.8. The van der Waals surface area contributed by atoms with Gasteiger partial charge >= 0.3 is 0 Å². The Bertz CT molecular complexity index is 892. The Morgan fingerprint density at radius 3 is 2.37 bits per heavy atom. The van der Waals surface area contributed by atoms with E-state index in [4.69, 9.17) is 0 Å². The maximum atomic E-state index is 12.8. The van der Waals surface area contributed by atoms with Crippen LogP contribution < -0.4 is 5.32 Å². The van der Waals surface area contributed by atoms with E-state index in [9.17, 15) is 15.2 Å². The highest BCUT2D eigenvalue weighted by Gasteiger charge is 2.49. The Balaban J connectivity index is 1.81. The van der Waals surface area contributed by atoms with Crippen LogP contribution >= 0.6 is 0 Å². The van der Waals surface area contributed by atoms with Crippen LogP contribution in [0.1, 0.15) is 55.2 Å². The van der Waals surface area contributed by atoms with Crippen molar-refractivity contribution in [1.82, 2.24) is 0 Å². The van der Waals surface area contributed by atoms with Crippen LogP contribution in [0.25, 0.3) is 0 Å². The van der Waals surface area contributed by atoms with Crippen molar-refractivity contribution in [3.8, 4) is 6.07 Å². The molecule has 1 fully saturated rings. The average molecular weight is 360 g/mol. The molecular formula is C23H24N2O2. The minimum Gasteiger partial charge on any atom is -0.372 e. The highest BCUT2D eigenvalue weighted by Crippen LogP contribution is 2.46. The summed E-state index contributed by atoms with van der Waals surface area (Å²) in [5.74, 6) is -0.428. The fourth-order valence-corrected chi connectivity index (χ4v) is 4.66. The predicted molar refractivity (Wildman–Crippen MR) is 104 cm³/mol. The molecule has 1 amide bonds. The molecule has 1 heterocycles. The molecule has 0 saturated heterocycles. The van der Waals surface area contributed by atoms with Crippen LogP contribution in [-0.4, -0.2) is 11.0 Å². The minimum atomic E-state index is -1.71. The maximum Gasteiger partial charge on any atom is 0.265 e. The van der Waals surface area contributed by atoms with E-state index in [1.807, 2.05) is 36.4 Å². The molecule has 0 radical (unpaired) electrons. The molecule has 1 atom stereocenters. The van der Waals surface area contributed by atoms with E-state index in [2.05, 4.69) is 11.4 Å².